The van der Waals surface area contributed by atoms with Crippen molar-refractivity contribution < 1.29 is 13.0 Å². The van der Waals surface area contributed by atoms with Crippen molar-refractivity contribution in [3.8, 4) is 67.8 Å². The van der Waals surface area contributed by atoms with Crippen LogP contribution in [-0.2, 0) is 10.1 Å². The van der Waals surface area contributed by atoms with Crippen LogP contribution in [-0.4, -0.2) is 42.9 Å². The van der Waals surface area contributed by atoms with Crippen molar-refractivity contribution in [2.45, 2.75) is 4.90 Å². The Balaban J connectivity index is 1.46. The molecule has 7 aromatic rings. The Hall–Kier alpha value is -5.97. The van der Waals surface area contributed by atoms with Crippen molar-refractivity contribution >= 4 is 10.1 Å². The van der Waals surface area contributed by atoms with Crippen molar-refractivity contribution in [3.63, 3.8) is 0 Å². The summed E-state index contributed by atoms with van der Waals surface area (Å²) >= 11 is 0. The van der Waals surface area contributed by atoms with Gasteiger partial charge in [-0.2, -0.15) is 8.42 Å². The standard InChI is InChI=1S/C36H24N6O3S/c43-46(44,45)36-14-13-24(25-20-32(28-9-1-5-15-37-28)41-33(21-25)29-10-2-6-16-38-29)19-27(36)26-22-34(30-11-3-7-17-39-30)42-35(23-26)31-12-4-8-18-40-31/h1-23H,(H,43,44,45). The van der Waals surface area contributed by atoms with E-state index < -0.39 is 10.1 Å². The maximum absolute atomic E-state index is 12.8. The van der Waals surface area contributed by atoms with Gasteiger partial charge in [0, 0.05) is 30.4 Å². The lowest BCUT2D eigenvalue weighted by Crippen LogP contribution is -2.02. The second-order valence-electron chi connectivity index (χ2n) is 10.3. The van der Waals surface area contributed by atoms with Crippen LogP contribution in [0.2, 0.25) is 0 Å². The summed E-state index contributed by atoms with van der Waals surface area (Å²) in [7, 11) is -4.62. The summed E-state index contributed by atoms with van der Waals surface area (Å²) in [4.78, 5) is 27.3. The molecule has 0 saturated heterocycles. The van der Waals surface area contributed by atoms with E-state index in [-0.39, 0.29) is 10.5 Å². The molecule has 0 radical (unpaired) electrons. The minimum Gasteiger partial charge on any atom is -0.282 e. The first-order valence-corrected chi connectivity index (χ1v) is 15.7. The Morgan fingerprint density at radius 1 is 0.413 bits per heavy atom. The average Bonchev–Trinajstić information content (AvgIpc) is 3.12. The number of hydrogen-bond donors (Lipinski definition) is 1. The molecule has 6 heterocycles. The van der Waals surface area contributed by atoms with Crippen LogP contribution in [0.3, 0.4) is 0 Å². The number of nitrogens with zero attached hydrogens (tertiary/aromatic N) is 6. The maximum atomic E-state index is 12.8. The maximum Gasteiger partial charge on any atom is 0.295 e. The molecule has 6 aromatic heterocycles. The molecule has 0 spiro atoms. The predicted molar refractivity (Wildman–Crippen MR) is 176 cm³/mol. The fourth-order valence-corrected chi connectivity index (χ4v) is 5.82. The Bertz CT molecular complexity index is 2160. The molecule has 0 amide bonds. The van der Waals surface area contributed by atoms with E-state index in [0.717, 1.165) is 5.56 Å². The van der Waals surface area contributed by atoms with E-state index in [2.05, 4.69) is 19.9 Å². The number of benzene rings is 1. The minimum atomic E-state index is -4.62. The largest absolute Gasteiger partial charge is 0.295 e. The van der Waals surface area contributed by atoms with Crippen molar-refractivity contribution in [2.75, 3.05) is 0 Å². The zero-order valence-corrected chi connectivity index (χ0v) is 25.0. The molecular formula is C36H24N6O3S. The molecule has 7 rings (SSSR count). The van der Waals surface area contributed by atoms with Gasteiger partial charge in [0.25, 0.3) is 10.1 Å². The quantitative estimate of drug-likeness (QED) is 0.182. The highest BCUT2D eigenvalue weighted by Crippen LogP contribution is 2.37. The second-order valence-corrected chi connectivity index (χ2v) is 11.7. The van der Waals surface area contributed by atoms with Crippen molar-refractivity contribution in [1.82, 2.24) is 29.9 Å². The highest BCUT2D eigenvalue weighted by Gasteiger charge is 2.21. The predicted octanol–water partition coefficient (Wildman–Crippen LogP) is 7.31. The molecular weight excluding hydrogens is 597 g/mol. The van der Waals surface area contributed by atoms with Crippen molar-refractivity contribution in [1.29, 1.82) is 0 Å². The summed E-state index contributed by atoms with van der Waals surface area (Å²) in [6.07, 6.45) is 6.72. The van der Waals surface area contributed by atoms with Gasteiger partial charge in [-0.3, -0.25) is 24.5 Å². The van der Waals surface area contributed by atoms with E-state index in [0.29, 0.717) is 56.7 Å². The number of rotatable bonds is 7. The monoisotopic (exact) mass is 620 g/mol. The van der Waals surface area contributed by atoms with Crippen LogP contribution in [0.5, 0.6) is 0 Å². The molecule has 0 saturated carbocycles. The molecule has 0 bridgehead atoms. The Morgan fingerprint density at radius 2 is 0.804 bits per heavy atom. The zero-order chi connectivity index (χ0) is 31.5. The van der Waals surface area contributed by atoms with E-state index in [1.54, 1.807) is 61.2 Å². The Morgan fingerprint density at radius 3 is 1.15 bits per heavy atom. The van der Waals surface area contributed by atoms with Crippen molar-refractivity contribution in [3.05, 3.63) is 140 Å². The van der Waals surface area contributed by atoms with Gasteiger partial charge in [0.1, 0.15) is 4.90 Å². The van der Waals surface area contributed by atoms with E-state index in [4.69, 9.17) is 9.97 Å². The molecule has 10 heteroatoms. The van der Waals surface area contributed by atoms with Gasteiger partial charge >= 0.3 is 0 Å². The molecule has 0 aliphatic heterocycles. The van der Waals surface area contributed by atoms with Crippen LogP contribution in [0.15, 0.2) is 145 Å². The van der Waals surface area contributed by atoms with Crippen LogP contribution in [0, 0.1) is 0 Å². The summed E-state index contributed by atoms with van der Waals surface area (Å²) in [6, 6.07) is 34.3. The highest BCUT2D eigenvalue weighted by atomic mass is 32.2. The molecule has 1 N–H and O–H groups in total. The smallest absolute Gasteiger partial charge is 0.282 e. The fraction of sp³-hybridized carbons (Fsp3) is 0. The van der Waals surface area contributed by atoms with Crippen LogP contribution in [0.1, 0.15) is 0 Å². The Kier molecular flexibility index (Phi) is 7.63. The molecule has 9 nitrogen and oxygen atoms in total. The molecule has 0 aliphatic carbocycles. The molecule has 0 unspecified atom stereocenters. The third kappa shape index (κ3) is 6.03. The average molecular weight is 621 g/mol. The van der Waals surface area contributed by atoms with Gasteiger partial charge in [0.2, 0.25) is 0 Å². The lowest BCUT2D eigenvalue weighted by Gasteiger charge is -2.14. The van der Waals surface area contributed by atoms with Crippen LogP contribution >= 0.6 is 0 Å². The van der Waals surface area contributed by atoms with E-state index in [9.17, 15) is 13.0 Å². The second kappa shape index (κ2) is 12.2. The van der Waals surface area contributed by atoms with Gasteiger partial charge in [0.05, 0.1) is 45.6 Å². The molecule has 0 aliphatic rings. The van der Waals surface area contributed by atoms with Gasteiger partial charge in [-0.05, 0) is 102 Å². The third-order valence-electron chi connectivity index (χ3n) is 7.26. The van der Waals surface area contributed by atoms with Gasteiger partial charge in [-0.15, -0.1) is 0 Å². The minimum absolute atomic E-state index is 0.245. The summed E-state index contributed by atoms with van der Waals surface area (Å²) in [5, 5.41) is 0. The lowest BCUT2D eigenvalue weighted by molar-refractivity contribution is 0.483. The van der Waals surface area contributed by atoms with Gasteiger partial charge < -0.3 is 0 Å². The first-order chi connectivity index (χ1) is 22.4. The number of aromatic nitrogens is 6. The molecule has 1 aromatic carbocycles. The van der Waals surface area contributed by atoms with Crippen LogP contribution < -0.4 is 0 Å². The summed E-state index contributed by atoms with van der Waals surface area (Å²) < 4.78 is 35.9. The summed E-state index contributed by atoms with van der Waals surface area (Å²) in [6.45, 7) is 0. The van der Waals surface area contributed by atoms with E-state index >= 15 is 0 Å². The number of hydrogen-bond acceptors (Lipinski definition) is 8. The van der Waals surface area contributed by atoms with Crippen LogP contribution in [0.25, 0.3) is 67.8 Å². The molecule has 46 heavy (non-hydrogen) atoms. The molecule has 0 atom stereocenters. The number of pyridine rings is 6. The molecule has 0 fully saturated rings. The van der Waals surface area contributed by atoms with E-state index in [1.807, 2.05) is 72.8 Å². The van der Waals surface area contributed by atoms with Crippen molar-refractivity contribution in [2.24, 2.45) is 0 Å². The first-order valence-electron chi connectivity index (χ1n) is 14.2. The normalized spacial score (nSPS) is 11.3. The summed E-state index contributed by atoms with van der Waals surface area (Å²) in [5.41, 5.74) is 7.06. The zero-order valence-electron chi connectivity index (χ0n) is 24.1. The van der Waals surface area contributed by atoms with Gasteiger partial charge in [0.15, 0.2) is 0 Å². The molecule has 222 valence electrons. The summed E-state index contributed by atoms with van der Waals surface area (Å²) in [5.74, 6) is 0. The fourth-order valence-electron chi connectivity index (χ4n) is 5.13. The van der Waals surface area contributed by atoms with Gasteiger partial charge in [-0.1, -0.05) is 30.3 Å². The Labute approximate surface area is 265 Å². The van der Waals surface area contributed by atoms with Crippen LogP contribution in [0.4, 0.5) is 0 Å². The topological polar surface area (TPSA) is 132 Å². The van der Waals surface area contributed by atoms with E-state index in [1.165, 1.54) is 6.07 Å². The third-order valence-corrected chi connectivity index (χ3v) is 8.17. The SMILES string of the molecule is O=S(=O)(O)c1ccc(-c2cc(-c3ccccn3)nc(-c3ccccn3)c2)cc1-c1cc(-c2ccccn2)nc(-c2ccccn2)c1. The highest BCUT2D eigenvalue weighted by molar-refractivity contribution is 7.86. The van der Waals surface area contributed by atoms with Gasteiger partial charge in [-0.25, -0.2) is 9.97 Å². The lowest BCUT2D eigenvalue weighted by atomic mass is 9.96. The first kappa shape index (κ1) is 28.8.